The van der Waals surface area contributed by atoms with Gasteiger partial charge in [0.1, 0.15) is 0 Å². The summed E-state index contributed by atoms with van der Waals surface area (Å²) in [5, 5.41) is 2.52. The molecule has 0 aliphatic heterocycles. The Morgan fingerprint density at radius 3 is 2.27 bits per heavy atom. The van der Waals surface area contributed by atoms with Gasteiger partial charge in [0.2, 0.25) is 5.78 Å². The van der Waals surface area contributed by atoms with E-state index in [1.54, 1.807) is 0 Å². The lowest BCUT2D eigenvalue weighted by Gasteiger charge is -2.10. The number of para-hydroxylation sites is 4. The molecule has 4 nitrogen and oxygen atoms in total. The van der Waals surface area contributed by atoms with E-state index < -0.39 is 0 Å². The summed E-state index contributed by atoms with van der Waals surface area (Å²) in [5.41, 5.74) is 11.8. The summed E-state index contributed by atoms with van der Waals surface area (Å²) in [6.07, 6.45) is 0. The van der Waals surface area contributed by atoms with Crippen molar-refractivity contribution in [1.29, 1.82) is 0 Å². The van der Waals surface area contributed by atoms with E-state index in [-0.39, 0.29) is 0 Å². The van der Waals surface area contributed by atoms with Crippen LogP contribution < -0.4 is 0 Å². The highest BCUT2D eigenvalue weighted by Crippen LogP contribution is 2.38. The molecule has 0 N–H and O–H groups in total. The van der Waals surface area contributed by atoms with Gasteiger partial charge in [-0.2, -0.15) is 0 Å². The molecule has 0 unspecified atom stereocenters. The van der Waals surface area contributed by atoms with Crippen LogP contribution in [0.25, 0.3) is 66.5 Å². The molecular weight excluding hydrogens is 452 g/mol. The van der Waals surface area contributed by atoms with Crippen LogP contribution in [0.4, 0.5) is 0 Å². The summed E-state index contributed by atoms with van der Waals surface area (Å²) in [6.45, 7) is 2.15. The smallest absolute Gasteiger partial charge is 0.215 e. The van der Waals surface area contributed by atoms with Gasteiger partial charge in [-0.25, -0.2) is 4.98 Å². The highest BCUT2D eigenvalue weighted by molar-refractivity contribution is 6.11. The molecule has 0 atom stereocenters. The first-order valence-electron chi connectivity index (χ1n) is 12.6. The minimum absolute atomic E-state index is 0.959. The predicted molar refractivity (Wildman–Crippen MR) is 154 cm³/mol. The minimum Gasteiger partial charge on any atom is -0.312 e. The molecule has 0 aliphatic carbocycles. The number of fused-ring (bicyclic) bond motifs is 8. The van der Waals surface area contributed by atoms with Crippen LogP contribution in [0.2, 0.25) is 0 Å². The number of hydrogen-bond donors (Lipinski definition) is 0. The number of imidazole rings is 2. The molecule has 8 rings (SSSR count). The fourth-order valence-electron chi connectivity index (χ4n) is 6.06. The summed E-state index contributed by atoms with van der Waals surface area (Å²) in [4.78, 5) is 4.94. The van der Waals surface area contributed by atoms with Crippen LogP contribution in [-0.2, 0) is 7.05 Å². The predicted octanol–water partition coefficient (Wildman–Crippen LogP) is 8.05. The molecular formula is C33H24N4. The van der Waals surface area contributed by atoms with Crippen molar-refractivity contribution in [2.75, 3.05) is 0 Å². The number of aromatic nitrogens is 4. The van der Waals surface area contributed by atoms with Gasteiger partial charge in [0, 0.05) is 29.1 Å². The molecule has 0 bridgehead atoms. The van der Waals surface area contributed by atoms with Crippen molar-refractivity contribution < 1.29 is 0 Å². The van der Waals surface area contributed by atoms with Gasteiger partial charge >= 0.3 is 0 Å². The van der Waals surface area contributed by atoms with E-state index >= 15 is 0 Å². The van der Waals surface area contributed by atoms with Crippen LogP contribution in [0.15, 0.2) is 109 Å². The van der Waals surface area contributed by atoms with Crippen molar-refractivity contribution in [2.24, 2.45) is 7.05 Å². The van der Waals surface area contributed by atoms with Crippen molar-refractivity contribution in [3.05, 3.63) is 115 Å². The Balaban J connectivity index is 1.43. The second-order valence-corrected chi connectivity index (χ2v) is 9.89. The fourth-order valence-corrected chi connectivity index (χ4v) is 6.06. The van der Waals surface area contributed by atoms with Crippen LogP contribution in [0.1, 0.15) is 5.56 Å². The Morgan fingerprint density at radius 2 is 1.38 bits per heavy atom. The number of hydrogen-bond acceptors (Lipinski definition) is 1. The summed E-state index contributed by atoms with van der Waals surface area (Å²) < 4.78 is 6.88. The van der Waals surface area contributed by atoms with Gasteiger partial charge in [0.15, 0.2) is 0 Å². The van der Waals surface area contributed by atoms with Crippen molar-refractivity contribution in [1.82, 2.24) is 18.5 Å². The van der Waals surface area contributed by atoms with E-state index in [9.17, 15) is 0 Å². The van der Waals surface area contributed by atoms with E-state index in [0.29, 0.717) is 0 Å². The lowest BCUT2D eigenvalue weighted by Crippen LogP contribution is -1.94. The van der Waals surface area contributed by atoms with Gasteiger partial charge in [-0.15, -0.1) is 0 Å². The maximum Gasteiger partial charge on any atom is 0.215 e. The third kappa shape index (κ3) is 2.75. The van der Waals surface area contributed by atoms with E-state index in [0.717, 1.165) is 16.8 Å². The Hall–Kier alpha value is -4.83. The molecule has 0 fully saturated rings. The molecule has 4 heteroatoms. The first kappa shape index (κ1) is 20.4. The standard InChI is InChI=1S/C33H24N4/c1-21-9-7-10-23(19-21)36-28-14-5-3-11-25(28)26-20-22(17-18-29(26)36)24-12-8-16-31-32(24)35(2)33-34-27-13-4-6-15-30(27)37(31)33/h3-20H,1-2H3. The zero-order chi connectivity index (χ0) is 24.7. The average Bonchev–Trinajstić information content (AvgIpc) is 3.56. The Morgan fingerprint density at radius 1 is 0.622 bits per heavy atom. The number of nitrogens with zero attached hydrogens (tertiary/aromatic N) is 4. The van der Waals surface area contributed by atoms with Crippen LogP contribution in [-0.4, -0.2) is 18.5 Å². The van der Waals surface area contributed by atoms with Gasteiger partial charge in [-0.05, 0) is 66.6 Å². The summed E-state index contributed by atoms with van der Waals surface area (Å²) in [7, 11) is 2.12. The largest absolute Gasteiger partial charge is 0.312 e. The van der Waals surface area contributed by atoms with Crippen LogP contribution in [0, 0.1) is 6.92 Å². The first-order chi connectivity index (χ1) is 18.2. The molecule has 0 radical (unpaired) electrons. The molecule has 3 aromatic heterocycles. The Labute approximate surface area is 213 Å². The van der Waals surface area contributed by atoms with Crippen molar-refractivity contribution in [3.8, 4) is 16.8 Å². The fraction of sp³-hybridized carbons (Fsp3) is 0.0606. The second kappa shape index (κ2) is 7.34. The van der Waals surface area contributed by atoms with E-state index in [1.807, 2.05) is 6.07 Å². The molecule has 0 saturated carbocycles. The van der Waals surface area contributed by atoms with Gasteiger partial charge in [-0.1, -0.05) is 60.7 Å². The first-order valence-corrected chi connectivity index (χ1v) is 12.6. The third-order valence-corrected chi connectivity index (χ3v) is 7.68. The topological polar surface area (TPSA) is 27.2 Å². The van der Waals surface area contributed by atoms with Gasteiger partial charge in [0.25, 0.3) is 0 Å². The quantitative estimate of drug-likeness (QED) is 0.248. The van der Waals surface area contributed by atoms with Gasteiger partial charge in [-0.3, -0.25) is 4.40 Å². The molecule has 0 saturated heterocycles. The lowest BCUT2D eigenvalue weighted by atomic mass is 10.0. The number of rotatable bonds is 2. The molecule has 3 heterocycles. The molecule has 5 aromatic carbocycles. The van der Waals surface area contributed by atoms with E-state index in [1.165, 1.54) is 55.2 Å². The average molecular weight is 477 g/mol. The van der Waals surface area contributed by atoms with Crippen molar-refractivity contribution in [2.45, 2.75) is 6.92 Å². The van der Waals surface area contributed by atoms with Crippen LogP contribution in [0.3, 0.4) is 0 Å². The summed E-state index contributed by atoms with van der Waals surface area (Å²) in [6, 6.07) is 39.3. The molecule has 8 aromatic rings. The molecule has 0 aliphatic rings. The van der Waals surface area contributed by atoms with Crippen molar-refractivity contribution >= 4 is 49.7 Å². The van der Waals surface area contributed by atoms with Gasteiger partial charge in [0.05, 0.1) is 33.1 Å². The monoisotopic (exact) mass is 476 g/mol. The Kier molecular flexibility index (Phi) is 4.04. The van der Waals surface area contributed by atoms with Crippen LogP contribution >= 0.6 is 0 Å². The van der Waals surface area contributed by atoms with E-state index in [2.05, 4.69) is 131 Å². The Bertz CT molecular complexity index is 2170. The SMILES string of the molecule is Cc1cccc(-n2c3ccccc3c3cc(-c4cccc5c4n(C)c4nc6ccccc6n54)ccc32)c1. The maximum atomic E-state index is 4.94. The zero-order valence-electron chi connectivity index (χ0n) is 20.7. The van der Waals surface area contributed by atoms with Crippen LogP contribution in [0.5, 0.6) is 0 Å². The summed E-state index contributed by atoms with van der Waals surface area (Å²) in [5.74, 6) is 0.959. The lowest BCUT2D eigenvalue weighted by molar-refractivity contribution is 0.974. The highest BCUT2D eigenvalue weighted by Gasteiger charge is 2.18. The number of benzene rings is 5. The third-order valence-electron chi connectivity index (χ3n) is 7.68. The maximum absolute atomic E-state index is 4.94. The minimum atomic E-state index is 0.959. The molecule has 176 valence electrons. The highest BCUT2D eigenvalue weighted by atomic mass is 15.2. The zero-order valence-corrected chi connectivity index (χ0v) is 20.7. The normalized spacial score (nSPS) is 12.1. The molecule has 0 spiro atoms. The van der Waals surface area contributed by atoms with Crippen molar-refractivity contribution in [3.63, 3.8) is 0 Å². The number of aryl methyl sites for hydroxylation is 2. The second-order valence-electron chi connectivity index (χ2n) is 9.89. The molecule has 37 heavy (non-hydrogen) atoms. The summed E-state index contributed by atoms with van der Waals surface area (Å²) >= 11 is 0. The molecule has 0 amide bonds. The van der Waals surface area contributed by atoms with E-state index in [4.69, 9.17) is 4.98 Å². The van der Waals surface area contributed by atoms with Gasteiger partial charge < -0.3 is 9.13 Å².